The third kappa shape index (κ3) is 4.01. The summed E-state index contributed by atoms with van der Waals surface area (Å²) < 4.78 is 59.2. The number of methoxy groups -OCH3 is 1. The number of aliphatic carboxylic acids is 1. The standard InChI is InChI=1S/C16H13F4NO4S/c1-21(7-12(22)23)15(24)26-11-6-4-9(17)13-8(11)3-5-10(25-2)14(13)16(18,19)20/h3-6H,7H2,1-2H3,(H,22,23). The van der Waals surface area contributed by atoms with Crippen molar-refractivity contribution < 1.29 is 37.0 Å². The molecule has 0 atom stereocenters. The van der Waals surface area contributed by atoms with Crippen molar-refractivity contribution in [1.29, 1.82) is 0 Å². The van der Waals surface area contributed by atoms with Crippen LogP contribution in [0.3, 0.4) is 0 Å². The molecule has 5 nitrogen and oxygen atoms in total. The number of halogens is 4. The van der Waals surface area contributed by atoms with E-state index in [4.69, 9.17) is 9.84 Å². The summed E-state index contributed by atoms with van der Waals surface area (Å²) >= 11 is 0.514. The van der Waals surface area contributed by atoms with Gasteiger partial charge in [-0.1, -0.05) is 0 Å². The predicted molar refractivity (Wildman–Crippen MR) is 87.0 cm³/mol. The second-order valence-corrected chi connectivity index (χ2v) is 6.22. The number of nitrogens with zero attached hydrogens (tertiary/aromatic N) is 1. The number of carbonyl (C=O) groups is 2. The number of alkyl halides is 3. The zero-order chi connectivity index (χ0) is 19.6. The molecule has 0 heterocycles. The maximum atomic E-state index is 14.2. The normalized spacial score (nSPS) is 11.5. The molecule has 0 aromatic heterocycles. The summed E-state index contributed by atoms with van der Waals surface area (Å²) in [7, 11) is 2.27. The van der Waals surface area contributed by atoms with E-state index < -0.39 is 46.4 Å². The second-order valence-electron chi connectivity index (χ2n) is 5.23. The topological polar surface area (TPSA) is 66.8 Å². The van der Waals surface area contributed by atoms with Crippen LogP contribution in [0.1, 0.15) is 5.56 Å². The molecule has 1 N–H and O–H groups in total. The molecule has 2 rings (SSSR count). The lowest BCUT2D eigenvalue weighted by Gasteiger charge is -2.18. The molecule has 2 aromatic rings. The van der Waals surface area contributed by atoms with Crippen LogP contribution in [0.2, 0.25) is 0 Å². The lowest BCUT2D eigenvalue weighted by Crippen LogP contribution is -2.28. The molecule has 140 valence electrons. The van der Waals surface area contributed by atoms with E-state index in [1.54, 1.807) is 0 Å². The number of carboxylic acid groups (broad SMARTS) is 1. The number of ether oxygens (including phenoxy) is 1. The van der Waals surface area contributed by atoms with E-state index in [2.05, 4.69) is 0 Å². The molecule has 0 unspecified atom stereocenters. The smallest absolute Gasteiger partial charge is 0.420 e. The van der Waals surface area contributed by atoms with Gasteiger partial charge in [-0.25, -0.2) is 4.39 Å². The van der Waals surface area contributed by atoms with E-state index in [-0.39, 0.29) is 10.3 Å². The first kappa shape index (κ1) is 19.8. The van der Waals surface area contributed by atoms with Crippen LogP contribution >= 0.6 is 11.8 Å². The largest absolute Gasteiger partial charge is 0.496 e. The first-order chi connectivity index (χ1) is 12.1. The first-order valence-corrected chi connectivity index (χ1v) is 7.89. The predicted octanol–water partition coefficient (Wildman–Crippen LogP) is 4.23. The minimum atomic E-state index is -4.88. The Morgan fingerprint density at radius 2 is 1.88 bits per heavy atom. The number of carboxylic acids is 1. The fourth-order valence-electron chi connectivity index (χ4n) is 2.34. The fourth-order valence-corrected chi connectivity index (χ4v) is 3.16. The molecule has 0 saturated heterocycles. The molecule has 0 aliphatic rings. The number of rotatable bonds is 4. The Morgan fingerprint density at radius 3 is 2.42 bits per heavy atom. The molecule has 0 aliphatic heterocycles. The van der Waals surface area contributed by atoms with Gasteiger partial charge in [-0.05, 0) is 41.4 Å². The minimum Gasteiger partial charge on any atom is -0.496 e. The van der Waals surface area contributed by atoms with E-state index in [9.17, 15) is 27.2 Å². The van der Waals surface area contributed by atoms with Gasteiger partial charge in [0.15, 0.2) is 0 Å². The van der Waals surface area contributed by atoms with Crippen molar-refractivity contribution in [3.8, 4) is 5.75 Å². The van der Waals surface area contributed by atoms with E-state index in [0.29, 0.717) is 11.8 Å². The molecule has 0 saturated carbocycles. The van der Waals surface area contributed by atoms with E-state index in [1.807, 2.05) is 0 Å². The highest BCUT2D eigenvalue weighted by atomic mass is 32.2. The molecule has 26 heavy (non-hydrogen) atoms. The second kappa shape index (κ2) is 7.40. The van der Waals surface area contributed by atoms with Gasteiger partial charge in [-0.2, -0.15) is 13.2 Å². The number of amides is 1. The molecule has 0 radical (unpaired) electrons. The van der Waals surface area contributed by atoms with Crippen molar-refractivity contribution in [2.75, 3.05) is 20.7 Å². The maximum absolute atomic E-state index is 14.2. The number of fused-ring (bicyclic) bond motifs is 1. The van der Waals surface area contributed by atoms with Crippen LogP contribution in [0.15, 0.2) is 29.2 Å². The van der Waals surface area contributed by atoms with Crippen molar-refractivity contribution in [2.24, 2.45) is 0 Å². The van der Waals surface area contributed by atoms with Gasteiger partial charge in [0.1, 0.15) is 23.7 Å². The fraction of sp³-hybridized carbons (Fsp3) is 0.250. The summed E-state index contributed by atoms with van der Waals surface area (Å²) in [6.07, 6.45) is -4.88. The average Bonchev–Trinajstić information content (AvgIpc) is 2.54. The number of likely N-dealkylation sites (N-methyl/N-ethyl adjacent to an activating group) is 1. The highest BCUT2D eigenvalue weighted by Gasteiger charge is 2.38. The van der Waals surface area contributed by atoms with Crippen LogP contribution in [-0.4, -0.2) is 41.9 Å². The van der Waals surface area contributed by atoms with Crippen LogP contribution in [0.4, 0.5) is 22.4 Å². The van der Waals surface area contributed by atoms with Gasteiger partial charge in [0, 0.05) is 17.3 Å². The molecular weight excluding hydrogens is 378 g/mol. The van der Waals surface area contributed by atoms with Crippen molar-refractivity contribution in [1.82, 2.24) is 4.90 Å². The molecule has 0 fully saturated rings. The molecule has 2 aromatic carbocycles. The van der Waals surface area contributed by atoms with Gasteiger partial charge in [0.05, 0.1) is 7.11 Å². The van der Waals surface area contributed by atoms with Crippen LogP contribution < -0.4 is 4.74 Å². The van der Waals surface area contributed by atoms with Crippen LogP contribution in [-0.2, 0) is 11.0 Å². The quantitative estimate of drug-likeness (QED) is 0.624. The Morgan fingerprint density at radius 1 is 1.23 bits per heavy atom. The number of benzene rings is 2. The zero-order valence-electron chi connectivity index (χ0n) is 13.6. The molecule has 0 spiro atoms. The summed E-state index contributed by atoms with van der Waals surface area (Å²) in [6.45, 7) is -0.577. The van der Waals surface area contributed by atoms with Crippen molar-refractivity contribution >= 4 is 33.7 Å². The lowest BCUT2D eigenvalue weighted by atomic mass is 10.0. The Bertz CT molecular complexity index is 869. The van der Waals surface area contributed by atoms with E-state index in [1.165, 1.54) is 19.2 Å². The Labute approximate surface area is 149 Å². The van der Waals surface area contributed by atoms with Gasteiger partial charge < -0.3 is 14.7 Å². The number of carbonyl (C=O) groups excluding carboxylic acids is 1. The van der Waals surface area contributed by atoms with Crippen LogP contribution in [0, 0.1) is 5.82 Å². The maximum Gasteiger partial charge on any atom is 0.420 e. The third-order valence-corrected chi connectivity index (χ3v) is 4.50. The Balaban J connectivity index is 2.59. The van der Waals surface area contributed by atoms with Crippen LogP contribution in [0.5, 0.6) is 5.75 Å². The monoisotopic (exact) mass is 391 g/mol. The van der Waals surface area contributed by atoms with Crippen molar-refractivity contribution in [2.45, 2.75) is 11.1 Å². The molecule has 10 heteroatoms. The molecule has 0 aliphatic carbocycles. The highest BCUT2D eigenvalue weighted by Crippen LogP contribution is 2.44. The number of hydrogen-bond donors (Lipinski definition) is 1. The Hall–Kier alpha value is -2.49. The summed E-state index contributed by atoms with van der Waals surface area (Å²) in [5.74, 6) is -2.89. The van der Waals surface area contributed by atoms with E-state index in [0.717, 1.165) is 24.1 Å². The van der Waals surface area contributed by atoms with Gasteiger partial charge >= 0.3 is 12.1 Å². The van der Waals surface area contributed by atoms with Gasteiger partial charge in [0.2, 0.25) is 0 Å². The molecule has 0 bridgehead atoms. The van der Waals surface area contributed by atoms with Gasteiger partial charge in [-0.3, -0.25) is 9.59 Å². The SMILES string of the molecule is COc1ccc2c(SC(=O)N(C)CC(=O)O)ccc(F)c2c1C(F)(F)F. The number of hydrogen-bond acceptors (Lipinski definition) is 4. The minimum absolute atomic E-state index is 0.0665. The third-order valence-electron chi connectivity index (χ3n) is 3.44. The zero-order valence-corrected chi connectivity index (χ0v) is 14.4. The lowest BCUT2D eigenvalue weighted by molar-refractivity contribution is -0.138. The van der Waals surface area contributed by atoms with Crippen molar-refractivity contribution in [3.05, 3.63) is 35.6 Å². The average molecular weight is 391 g/mol. The summed E-state index contributed by atoms with van der Waals surface area (Å²) in [5.41, 5.74) is -1.27. The van der Waals surface area contributed by atoms with Crippen LogP contribution in [0.25, 0.3) is 10.8 Å². The summed E-state index contributed by atoms with van der Waals surface area (Å²) in [4.78, 5) is 23.7. The number of thioether (sulfide) groups is 1. The Kier molecular flexibility index (Phi) is 5.65. The van der Waals surface area contributed by atoms with Gasteiger partial charge in [0.25, 0.3) is 5.24 Å². The van der Waals surface area contributed by atoms with Gasteiger partial charge in [-0.15, -0.1) is 0 Å². The van der Waals surface area contributed by atoms with Crippen molar-refractivity contribution in [3.63, 3.8) is 0 Å². The molecule has 1 amide bonds. The summed E-state index contributed by atoms with van der Waals surface area (Å²) in [6, 6.07) is 4.25. The summed E-state index contributed by atoms with van der Waals surface area (Å²) in [5, 5.41) is 7.16. The highest BCUT2D eigenvalue weighted by molar-refractivity contribution is 8.13. The van der Waals surface area contributed by atoms with E-state index >= 15 is 0 Å². The first-order valence-electron chi connectivity index (χ1n) is 7.07. The molecular formula is C16H13F4NO4S.